The predicted molar refractivity (Wildman–Crippen MR) is 123 cm³/mol. The molecule has 0 aliphatic rings. The zero-order chi connectivity index (χ0) is 21.5. The maximum atomic E-state index is 12.5. The lowest BCUT2D eigenvalue weighted by Crippen LogP contribution is -2.14. The zero-order valence-corrected chi connectivity index (χ0v) is 18.0. The minimum Gasteiger partial charge on any atom is -0.497 e. The Hall–Kier alpha value is -3.25. The fourth-order valence-corrected chi connectivity index (χ4v) is 3.78. The van der Waals surface area contributed by atoms with Crippen LogP contribution >= 0.6 is 11.8 Å². The van der Waals surface area contributed by atoms with Gasteiger partial charge >= 0.3 is 0 Å². The highest BCUT2D eigenvalue weighted by molar-refractivity contribution is 8.00. The summed E-state index contributed by atoms with van der Waals surface area (Å²) in [6.07, 6.45) is 0. The standard InChI is InChI=1S/C24H24N2O3S/c1-16-10-17(2)12-20(11-16)25-23(27)15-30-22-9-5-7-19(14-22)26-24(28)18-6-4-8-21(13-18)29-3/h4-14H,15H2,1-3H3,(H,25,27)(H,26,28). The smallest absolute Gasteiger partial charge is 0.255 e. The number of ether oxygens (including phenoxy) is 1. The Labute approximate surface area is 180 Å². The Balaban J connectivity index is 1.58. The van der Waals surface area contributed by atoms with Gasteiger partial charge in [-0.15, -0.1) is 11.8 Å². The molecular weight excluding hydrogens is 396 g/mol. The lowest BCUT2D eigenvalue weighted by Gasteiger charge is -2.09. The van der Waals surface area contributed by atoms with E-state index in [2.05, 4.69) is 16.7 Å². The molecule has 0 bridgehead atoms. The average molecular weight is 421 g/mol. The number of nitrogens with one attached hydrogen (secondary N) is 2. The Morgan fingerprint density at radius 2 is 1.60 bits per heavy atom. The van der Waals surface area contributed by atoms with E-state index in [1.54, 1.807) is 31.4 Å². The van der Waals surface area contributed by atoms with Crippen molar-refractivity contribution < 1.29 is 14.3 Å². The molecule has 0 atom stereocenters. The van der Waals surface area contributed by atoms with Crippen molar-refractivity contribution in [1.29, 1.82) is 0 Å². The van der Waals surface area contributed by atoms with Gasteiger partial charge in [0.2, 0.25) is 5.91 Å². The van der Waals surface area contributed by atoms with Crippen LogP contribution in [0.5, 0.6) is 5.75 Å². The molecule has 3 aromatic rings. The summed E-state index contributed by atoms with van der Waals surface area (Å²) in [5, 5.41) is 5.81. The van der Waals surface area contributed by atoms with Gasteiger partial charge in [0.1, 0.15) is 5.75 Å². The molecule has 0 saturated carbocycles. The lowest BCUT2D eigenvalue weighted by atomic mass is 10.1. The van der Waals surface area contributed by atoms with Gasteiger partial charge in [0.25, 0.3) is 5.91 Å². The number of hydrogen-bond acceptors (Lipinski definition) is 4. The highest BCUT2D eigenvalue weighted by Gasteiger charge is 2.09. The minimum atomic E-state index is -0.219. The molecule has 0 heterocycles. The van der Waals surface area contributed by atoms with Crippen molar-refractivity contribution in [3.63, 3.8) is 0 Å². The molecule has 6 heteroatoms. The van der Waals surface area contributed by atoms with Crippen molar-refractivity contribution in [2.45, 2.75) is 18.7 Å². The number of carbonyl (C=O) groups excluding carboxylic acids is 2. The number of aryl methyl sites for hydroxylation is 2. The molecule has 0 fully saturated rings. The van der Waals surface area contributed by atoms with Crippen LogP contribution in [0.1, 0.15) is 21.5 Å². The van der Waals surface area contributed by atoms with Gasteiger partial charge in [-0.1, -0.05) is 18.2 Å². The lowest BCUT2D eigenvalue weighted by molar-refractivity contribution is -0.113. The SMILES string of the molecule is COc1cccc(C(=O)Nc2cccc(SCC(=O)Nc3cc(C)cc(C)c3)c2)c1. The third kappa shape index (κ3) is 6.12. The van der Waals surface area contributed by atoms with Gasteiger partial charge in [-0.25, -0.2) is 0 Å². The van der Waals surface area contributed by atoms with Crippen LogP contribution in [0.3, 0.4) is 0 Å². The van der Waals surface area contributed by atoms with E-state index in [1.165, 1.54) is 11.8 Å². The summed E-state index contributed by atoms with van der Waals surface area (Å²) < 4.78 is 5.16. The average Bonchev–Trinajstić information content (AvgIpc) is 2.72. The van der Waals surface area contributed by atoms with Crippen molar-refractivity contribution >= 4 is 35.0 Å². The molecule has 5 nitrogen and oxygen atoms in total. The van der Waals surface area contributed by atoms with Crippen LogP contribution in [0.2, 0.25) is 0 Å². The molecule has 2 N–H and O–H groups in total. The van der Waals surface area contributed by atoms with E-state index in [1.807, 2.05) is 50.2 Å². The number of methoxy groups -OCH3 is 1. The molecule has 0 aromatic heterocycles. The van der Waals surface area contributed by atoms with Crippen molar-refractivity contribution in [3.05, 3.63) is 83.4 Å². The maximum Gasteiger partial charge on any atom is 0.255 e. The van der Waals surface area contributed by atoms with Crippen LogP contribution in [0.15, 0.2) is 71.6 Å². The van der Waals surface area contributed by atoms with Gasteiger partial charge < -0.3 is 15.4 Å². The van der Waals surface area contributed by atoms with Crippen LogP contribution in [0.25, 0.3) is 0 Å². The molecule has 0 unspecified atom stereocenters. The van der Waals surface area contributed by atoms with Gasteiger partial charge in [0.15, 0.2) is 0 Å². The number of amides is 2. The third-order valence-corrected chi connectivity index (χ3v) is 5.29. The summed E-state index contributed by atoms with van der Waals surface area (Å²) in [4.78, 5) is 25.7. The van der Waals surface area contributed by atoms with Crippen molar-refractivity contribution in [2.24, 2.45) is 0 Å². The highest BCUT2D eigenvalue weighted by Crippen LogP contribution is 2.23. The minimum absolute atomic E-state index is 0.0733. The fourth-order valence-electron chi connectivity index (χ4n) is 3.02. The summed E-state index contributed by atoms with van der Waals surface area (Å²) in [6, 6.07) is 20.4. The number of rotatable bonds is 7. The Bertz CT molecular complexity index is 1050. The molecule has 0 radical (unpaired) electrons. The molecule has 3 aromatic carbocycles. The molecule has 154 valence electrons. The van der Waals surface area contributed by atoms with Crippen LogP contribution in [0.4, 0.5) is 11.4 Å². The number of carbonyl (C=O) groups is 2. The fraction of sp³-hybridized carbons (Fsp3) is 0.167. The van der Waals surface area contributed by atoms with Gasteiger partial charge in [-0.3, -0.25) is 9.59 Å². The summed E-state index contributed by atoms with van der Waals surface area (Å²) in [7, 11) is 1.56. The predicted octanol–water partition coefficient (Wildman–Crippen LogP) is 5.30. The molecule has 30 heavy (non-hydrogen) atoms. The normalized spacial score (nSPS) is 10.4. The zero-order valence-electron chi connectivity index (χ0n) is 17.2. The van der Waals surface area contributed by atoms with E-state index in [-0.39, 0.29) is 17.6 Å². The van der Waals surface area contributed by atoms with Crippen LogP contribution in [-0.2, 0) is 4.79 Å². The molecule has 3 rings (SSSR count). The highest BCUT2D eigenvalue weighted by atomic mass is 32.2. The second-order valence-corrected chi connectivity index (χ2v) is 7.98. The number of thioether (sulfide) groups is 1. The quantitative estimate of drug-likeness (QED) is 0.509. The molecule has 2 amide bonds. The van der Waals surface area contributed by atoms with Gasteiger partial charge in [-0.05, 0) is 73.5 Å². The van der Waals surface area contributed by atoms with Gasteiger partial charge in [0, 0.05) is 21.8 Å². The first-order valence-electron chi connectivity index (χ1n) is 9.49. The van der Waals surface area contributed by atoms with E-state index in [4.69, 9.17) is 4.74 Å². The summed E-state index contributed by atoms with van der Waals surface area (Å²) in [5.74, 6) is 0.612. The van der Waals surface area contributed by atoms with Crippen molar-refractivity contribution in [3.8, 4) is 5.75 Å². The van der Waals surface area contributed by atoms with E-state index < -0.39 is 0 Å². The first kappa shape index (κ1) is 21.5. The van der Waals surface area contributed by atoms with Crippen LogP contribution < -0.4 is 15.4 Å². The van der Waals surface area contributed by atoms with Crippen LogP contribution in [-0.4, -0.2) is 24.7 Å². The second kappa shape index (κ2) is 9.98. The third-order valence-electron chi connectivity index (χ3n) is 4.30. The second-order valence-electron chi connectivity index (χ2n) is 6.93. The molecule has 0 aliphatic carbocycles. The maximum absolute atomic E-state index is 12.5. The van der Waals surface area contributed by atoms with Gasteiger partial charge in [0.05, 0.1) is 12.9 Å². The van der Waals surface area contributed by atoms with Crippen molar-refractivity contribution in [2.75, 3.05) is 23.5 Å². The topological polar surface area (TPSA) is 67.4 Å². The Kier molecular flexibility index (Phi) is 7.14. The van der Waals surface area contributed by atoms with E-state index in [9.17, 15) is 9.59 Å². The summed E-state index contributed by atoms with van der Waals surface area (Å²) in [6.45, 7) is 4.01. The van der Waals surface area contributed by atoms with Crippen molar-refractivity contribution in [1.82, 2.24) is 0 Å². The summed E-state index contributed by atoms with van der Waals surface area (Å²) in [5.41, 5.74) is 4.20. The molecular formula is C24H24N2O3S. The Morgan fingerprint density at radius 1 is 0.867 bits per heavy atom. The number of benzene rings is 3. The first-order valence-corrected chi connectivity index (χ1v) is 10.5. The monoisotopic (exact) mass is 420 g/mol. The summed E-state index contributed by atoms with van der Waals surface area (Å²) >= 11 is 1.42. The van der Waals surface area contributed by atoms with Crippen LogP contribution in [0, 0.1) is 13.8 Å². The van der Waals surface area contributed by atoms with E-state index >= 15 is 0 Å². The largest absolute Gasteiger partial charge is 0.497 e. The number of anilines is 2. The first-order chi connectivity index (χ1) is 14.4. The molecule has 0 spiro atoms. The van der Waals surface area contributed by atoms with Gasteiger partial charge in [-0.2, -0.15) is 0 Å². The van der Waals surface area contributed by atoms with E-state index in [0.29, 0.717) is 17.0 Å². The number of hydrogen-bond donors (Lipinski definition) is 2. The molecule has 0 aliphatic heterocycles. The Morgan fingerprint density at radius 3 is 2.33 bits per heavy atom. The van der Waals surface area contributed by atoms with E-state index in [0.717, 1.165) is 21.7 Å². The molecule has 0 saturated heterocycles.